The van der Waals surface area contributed by atoms with Crippen LogP contribution in [0.2, 0.25) is 0 Å². The number of urea groups is 1. The maximum atomic E-state index is 12.7. The Morgan fingerprint density at radius 3 is 2.73 bits per heavy atom. The molecule has 1 N–H and O–H groups in total. The number of nitrogens with zero attached hydrogens (tertiary/aromatic N) is 2. The van der Waals surface area contributed by atoms with Crippen molar-refractivity contribution in [3.05, 3.63) is 24.3 Å². The van der Waals surface area contributed by atoms with E-state index < -0.39 is 9.84 Å². The number of likely N-dealkylation sites (tertiary alicyclic amines) is 1. The van der Waals surface area contributed by atoms with Crippen LogP contribution >= 0.6 is 0 Å². The third-order valence-electron chi connectivity index (χ3n) is 5.70. The van der Waals surface area contributed by atoms with E-state index in [-0.39, 0.29) is 23.0 Å². The Bertz CT molecular complexity index is 778. The zero-order valence-corrected chi connectivity index (χ0v) is 16.7. The molecule has 3 rings (SSSR count). The first-order valence-electron chi connectivity index (χ1n) is 9.29. The minimum absolute atomic E-state index is 0.141. The average molecular weight is 380 g/mol. The summed E-state index contributed by atoms with van der Waals surface area (Å²) in [6.45, 7) is 5.45. The number of nitrogens with one attached hydrogen (secondary N) is 1. The fraction of sp³-hybridized carbons (Fsp3) is 0.632. The first-order chi connectivity index (χ1) is 12.2. The molecule has 6 nitrogen and oxygen atoms in total. The van der Waals surface area contributed by atoms with Gasteiger partial charge in [0.05, 0.1) is 11.5 Å². The van der Waals surface area contributed by atoms with Crippen LogP contribution in [-0.2, 0) is 9.84 Å². The first-order valence-corrected chi connectivity index (χ1v) is 11.1. The molecule has 0 radical (unpaired) electrons. The second kappa shape index (κ2) is 7.10. The lowest BCUT2D eigenvalue weighted by molar-refractivity contribution is 0.130. The van der Waals surface area contributed by atoms with Crippen molar-refractivity contribution in [3.8, 4) is 0 Å². The van der Waals surface area contributed by atoms with Gasteiger partial charge in [0.2, 0.25) is 0 Å². The molecule has 2 aliphatic rings. The summed E-state index contributed by atoms with van der Waals surface area (Å²) >= 11 is 0. The van der Waals surface area contributed by atoms with Crippen molar-refractivity contribution in [2.75, 3.05) is 41.9 Å². The van der Waals surface area contributed by atoms with Crippen molar-refractivity contribution in [2.24, 2.45) is 5.41 Å². The molecule has 2 heterocycles. The molecular formula is C19H29N3O3S. The summed E-state index contributed by atoms with van der Waals surface area (Å²) in [6.07, 6.45) is 2.43. The molecule has 1 spiro atoms. The van der Waals surface area contributed by atoms with Crippen molar-refractivity contribution < 1.29 is 13.2 Å². The molecule has 0 aromatic heterocycles. The van der Waals surface area contributed by atoms with Gasteiger partial charge in [-0.25, -0.2) is 13.2 Å². The summed E-state index contributed by atoms with van der Waals surface area (Å²) < 4.78 is 23.8. The molecule has 1 unspecified atom stereocenters. The Morgan fingerprint density at radius 2 is 2.08 bits per heavy atom. The zero-order valence-electron chi connectivity index (χ0n) is 15.9. The molecule has 144 valence electrons. The Hall–Kier alpha value is -1.76. The Morgan fingerprint density at radius 1 is 1.31 bits per heavy atom. The molecule has 1 atom stereocenters. The molecule has 2 amide bonds. The molecular weight excluding hydrogens is 350 g/mol. The van der Waals surface area contributed by atoms with Gasteiger partial charge in [-0.2, -0.15) is 0 Å². The quantitative estimate of drug-likeness (QED) is 0.877. The van der Waals surface area contributed by atoms with E-state index >= 15 is 0 Å². The summed E-state index contributed by atoms with van der Waals surface area (Å²) in [4.78, 5) is 16.7. The van der Waals surface area contributed by atoms with Crippen LogP contribution in [0.4, 0.5) is 16.2 Å². The summed E-state index contributed by atoms with van der Waals surface area (Å²) in [5, 5.41) is 2.98. The summed E-state index contributed by atoms with van der Waals surface area (Å²) in [6, 6.07) is 8.04. The number of hydrogen-bond acceptors (Lipinski definition) is 4. The number of carbonyl (C=O) groups is 1. The molecule has 2 fully saturated rings. The molecule has 26 heavy (non-hydrogen) atoms. The number of piperidine rings is 1. The number of hydrogen-bond donors (Lipinski definition) is 1. The standard InChI is InChI=1S/C19H29N3O3S/c1-15(2)21(3)17-7-4-6-16(12-17)20-18(23)22-10-5-8-19(13-22)9-11-26(24,25)14-19/h4,6-7,12,15H,5,8-11,13-14H2,1-3H3,(H,20,23). The van der Waals surface area contributed by atoms with E-state index in [1.54, 1.807) is 4.90 Å². The lowest BCUT2D eigenvalue weighted by Crippen LogP contribution is -2.48. The molecule has 1 aromatic rings. The van der Waals surface area contributed by atoms with Crippen molar-refractivity contribution in [2.45, 2.75) is 39.2 Å². The van der Waals surface area contributed by atoms with Crippen LogP contribution in [0.5, 0.6) is 0 Å². The van der Waals surface area contributed by atoms with Crippen LogP contribution in [0.3, 0.4) is 0 Å². The van der Waals surface area contributed by atoms with Gasteiger partial charge in [0.15, 0.2) is 9.84 Å². The van der Waals surface area contributed by atoms with Crippen molar-refractivity contribution in [3.63, 3.8) is 0 Å². The lowest BCUT2D eigenvalue weighted by Gasteiger charge is -2.39. The van der Waals surface area contributed by atoms with Gasteiger partial charge in [-0.1, -0.05) is 6.07 Å². The molecule has 7 heteroatoms. The normalized spacial score (nSPS) is 24.8. The summed E-state index contributed by atoms with van der Waals surface area (Å²) in [7, 11) is -0.921. The fourth-order valence-electron chi connectivity index (χ4n) is 3.99. The second-order valence-electron chi connectivity index (χ2n) is 8.05. The number of rotatable bonds is 3. The van der Waals surface area contributed by atoms with E-state index in [0.29, 0.717) is 25.6 Å². The van der Waals surface area contributed by atoms with Crippen LogP contribution in [0.15, 0.2) is 24.3 Å². The minimum atomic E-state index is -2.95. The monoisotopic (exact) mass is 379 g/mol. The van der Waals surface area contributed by atoms with Crippen LogP contribution < -0.4 is 10.2 Å². The van der Waals surface area contributed by atoms with Crippen molar-refractivity contribution in [1.82, 2.24) is 4.90 Å². The van der Waals surface area contributed by atoms with Crippen molar-refractivity contribution in [1.29, 1.82) is 0 Å². The van der Waals surface area contributed by atoms with Gasteiger partial charge < -0.3 is 15.1 Å². The van der Waals surface area contributed by atoms with Gasteiger partial charge in [-0.05, 0) is 51.3 Å². The number of carbonyl (C=O) groups excluding carboxylic acids is 1. The third kappa shape index (κ3) is 4.14. The number of amides is 2. The number of anilines is 2. The van der Waals surface area contributed by atoms with Crippen molar-refractivity contribution >= 4 is 27.2 Å². The molecule has 1 aromatic carbocycles. The molecule has 0 bridgehead atoms. The van der Waals surface area contributed by atoms with Gasteiger partial charge in [0, 0.05) is 43.0 Å². The van der Waals surface area contributed by atoms with E-state index in [1.165, 1.54) is 0 Å². The molecule has 0 aliphatic carbocycles. The smallest absolute Gasteiger partial charge is 0.321 e. The van der Waals surface area contributed by atoms with Gasteiger partial charge in [-0.3, -0.25) is 0 Å². The number of sulfone groups is 1. The SMILES string of the molecule is CC(C)N(C)c1cccc(NC(=O)N2CCCC3(CCS(=O)(=O)C3)C2)c1. The van der Waals surface area contributed by atoms with Crippen LogP contribution in [0, 0.1) is 5.41 Å². The van der Waals surface area contributed by atoms with Crippen LogP contribution in [0.1, 0.15) is 33.1 Å². The maximum absolute atomic E-state index is 12.7. The average Bonchev–Trinajstić information content (AvgIpc) is 2.88. The predicted octanol–water partition coefficient (Wildman–Crippen LogP) is 2.96. The van der Waals surface area contributed by atoms with Gasteiger partial charge in [-0.15, -0.1) is 0 Å². The highest BCUT2D eigenvalue weighted by molar-refractivity contribution is 7.91. The number of benzene rings is 1. The van der Waals surface area contributed by atoms with Crippen LogP contribution in [0.25, 0.3) is 0 Å². The highest BCUT2D eigenvalue weighted by Crippen LogP contribution is 2.40. The largest absolute Gasteiger partial charge is 0.372 e. The lowest BCUT2D eigenvalue weighted by atomic mass is 9.80. The Kier molecular flexibility index (Phi) is 5.19. The van der Waals surface area contributed by atoms with E-state index in [9.17, 15) is 13.2 Å². The Balaban J connectivity index is 1.68. The highest BCUT2D eigenvalue weighted by atomic mass is 32.2. The van der Waals surface area contributed by atoms with E-state index in [0.717, 1.165) is 24.2 Å². The molecule has 2 saturated heterocycles. The highest BCUT2D eigenvalue weighted by Gasteiger charge is 2.45. The van der Waals surface area contributed by atoms with Gasteiger partial charge >= 0.3 is 6.03 Å². The summed E-state index contributed by atoms with van der Waals surface area (Å²) in [5.74, 6) is 0.477. The second-order valence-corrected chi connectivity index (χ2v) is 10.2. The first kappa shape index (κ1) is 19.0. The molecule has 2 aliphatic heterocycles. The zero-order chi connectivity index (χ0) is 18.9. The predicted molar refractivity (Wildman–Crippen MR) is 106 cm³/mol. The molecule has 0 saturated carbocycles. The van der Waals surface area contributed by atoms with Gasteiger partial charge in [0.25, 0.3) is 0 Å². The van der Waals surface area contributed by atoms with E-state index in [4.69, 9.17) is 0 Å². The fourth-order valence-corrected chi connectivity index (χ4v) is 6.19. The third-order valence-corrected chi connectivity index (χ3v) is 7.58. The topological polar surface area (TPSA) is 69.7 Å². The van der Waals surface area contributed by atoms with Crippen LogP contribution in [-0.4, -0.2) is 57.0 Å². The Labute approximate surface area is 156 Å². The minimum Gasteiger partial charge on any atom is -0.372 e. The van der Waals surface area contributed by atoms with Gasteiger partial charge in [0.1, 0.15) is 0 Å². The van der Waals surface area contributed by atoms with E-state index in [1.807, 2.05) is 31.3 Å². The maximum Gasteiger partial charge on any atom is 0.321 e. The van der Waals surface area contributed by atoms with E-state index in [2.05, 4.69) is 24.1 Å². The summed E-state index contributed by atoms with van der Waals surface area (Å²) in [5.41, 5.74) is 1.57.